The summed E-state index contributed by atoms with van der Waals surface area (Å²) in [6.45, 7) is 2.92. The SMILES string of the molecule is COc1ccc2c(CC(=O)N3CCN(c4ccc(O)cc4)CC3)coc2c1. The fraction of sp³-hybridized carbons (Fsp3) is 0.286. The van der Waals surface area contributed by atoms with E-state index in [-0.39, 0.29) is 11.7 Å². The van der Waals surface area contributed by atoms with E-state index in [0.717, 1.165) is 41.1 Å². The van der Waals surface area contributed by atoms with Crippen LogP contribution in [0.5, 0.6) is 11.5 Å². The lowest BCUT2D eigenvalue weighted by atomic mass is 10.1. The Morgan fingerprint density at radius 2 is 1.85 bits per heavy atom. The number of benzene rings is 2. The molecule has 27 heavy (non-hydrogen) atoms. The zero-order chi connectivity index (χ0) is 18.8. The third-order valence-electron chi connectivity index (χ3n) is 5.05. The van der Waals surface area contributed by atoms with Crippen molar-refractivity contribution in [3.63, 3.8) is 0 Å². The number of piperazine rings is 1. The summed E-state index contributed by atoms with van der Waals surface area (Å²) in [5.74, 6) is 1.11. The largest absolute Gasteiger partial charge is 0.508 e. The standard InChI is InChI=1S/C21H22N2O4/c1-26-18-6-7-19-15(14-27-20(19)13-18)12-21(25)23-10-8-22(9-11-23)16-2-4-17(24)5-3-16/h2-7,13-14,24H,8-12H2,1H3. The van der Waals surface area contributed by atoms with Gasteiger partial charge in [-0.05, 0) is 36.4 Å². The lowest BCUT2D eigenvalue weighted by Gasteiger charge is -2.36. The fourth-order valence-corrected chi connectivity index (χ4v) is 3.48. The van der Waals surface area contributed by atoms with Crippen LogP contribution in [0, 0.1) is 0 Å². The number of phenolic OH excluding ortho intramolecular Hbond substituents is 1. The minimum Gasteiger partial charge on any atom is -0.508 e. The van der Waals surface area contributed by atoms with E-state index in [2.05, 4.69) is 4.90 Å². The van der Waals surface area contributed by atoms with Gasteiger partial charge in [-0.1, -0.05) is 0 Å². The normalized spacial score (nSPS) is 14.6. The van der Waals surface area contributed by atoms with E-state index in [1.165, 1.54) is 0 Å². The number of hydrogen-bond acceptors (Lipinski definition) is 5. The first-order valence-electron chi connectivity index (χ1n) is 9.00. The zero-order valence-electron chi connectivity index (χ0n) is 15.2. The molecule has 6 heteroatoms. The molecule has 1 aromatic heterocycles. The molecule has 140 valence electrons. The van der Waals surface area contributed by atoms with Crippen molar-refractivity contribution in [3.05, 3.63) is 54.3 Å². The van der Waals surface area contributed by atoms with Crippen LogP contribution in [0.25, 0.3) is 11.0 Å². The molecule has 0 spiro atoms. The first kappa shape index (κ1) is 17.3. The number of carbonyl (C=O) groups excluding carboxylic acids is 1. The van der Waals surface area contributed by atoms with Gasteiger partial charge in [0, 0.05) is 48.9 Å². The van der Waals surface area contributed by atoms with Crippen LogP contribution < -0.4 is 9.64 Å². The number of methoxy groups -OCH3 is 1. The second kappa shape index (κ2) is 7.23. The topological polar surface area (TPSA) is 66.2 Å². The Balaban J connectivity index is 1.39. The predicted octanol–water partition coefficient (Wildman–Crippen LogP) is 3.04. The maximum absolute atomic E-state index is 12.7. The number of aromatic hydroxyl groups is 1. The summed E-state index contributed by atoms with van der Waals surface area (Å²) in [5.41, 5.74) is 2.70. The molecular formula is C21H22N2O4. The lowest BCUT2D eigenvalue weighted by Crippen LogP contribution is -2.49. The molecule has 0 aliphatic carbocycles. The molecule has 0 radical (unpaired) electrons. The quantitative estimate of drug-likeness (QED) is 0.769. The molecule has 1 fully saturated rings. The van der Waals surface area contributed by atoms with Crippen LogP contribution >= 0.6 is 0 Å². The van der Waals surface area contributed by atoms with E-state index in [0.29, 0.717) is 19.5 Å². The van der Waals surface area contributed by atoms with Gasteiger partial charge in [-0.15, -0.1) is 0 Å². The Hall–Kier alpha value is -3.15. The van der Waals surface area contributed by atoms with Gasteiger partial charge >= 0.3 is 0 Å². The molecule has 1 aliphatic heterocycles. The summed E-state index contributed by atoms with van der Waals surface area (Å²) in [4.78, 5) is 16.9. The second-order valence-electron chi connectivity index (χ2n) is 6.68. The smallest absolute Gasteiger partial charge is 0.227 e. The molecule has 0 unspecified atom stereocenters. The van der Waals surface area contributed by atoms with Crippen LogP contribution in [0.15, 0.2) is 53.1 Å². The third-order valence-corrected chi connectivity index (χ3v) is 5.05. The number of nitrogens with zero attached hydrogens (tertiary/aromatic N) is 2. The molecule has 1 saturated heterocycles. The summed E-state index contributed by atoms with van der Waals surface area (Å²) < 4.78 is 10.8. The van der Waals surface area contributed by atoms with Crippen molar-refractivity contribution in [2.24, 2.45) is 0 Å². The van der Waals surface area contributed by atoms with Crippen molar-refractivity contribution in [1.82, 2.24) is 4.90 Å². The molecule has 1 aliphatic rings. The van der Waals surface area contributed by atoms with Gasteiger partial charge < -0.3 is 24.1 Å². The highest BCUT2D eigenvalue weighted by Gasteiger charge is 2.22. The van der Waals surface area contributed by atoms with E-state index < -0.39 is 0 Å². The number of amides is 1. The highest BCUT2D eigenvalue weighted by atomic mass is 16.5. The number of anilines is 1. The maximum Gasteiger partial charge on any atom is 0.227 e. The Morgan fingerprint density at radius 1 is 1.11 bits per heavy atom. The van der Waals surface area contributed by atoms with E-state index in [9.17, 15) is 9.90 Å². The van der Waals surface area contributed by atoms with Crippen molar-refractivity contribution >= 4 is 22.6 Å². The molecule has 4 rings (SSSR count). The van der Waals surface area contributed by atoms with Crippen LogP contribution in [0.1, 0.15) is 5.56 Å². The first-order valence-corrected chi connectivity index (χ1v) is 9.00. The number of carbonyl (C=O) groups is 1. The highest BCUT2D eigenvalue weighted by molar-refractivity contribution is 5.88. The Kier molecular flexibility index (Phi) is 4.62. The molecule has 0 saturated carbocycles. The number of rotatable bonds is 4. The van der Waals surface area contributed by atoms with Gasteiger partial charge in [0.1, 0.15) is 17.1 Å². The number of phenols is 1. The molecule has 2 heterocycles. The number of hydrogen-bond donors (Lipinski definition) is 1. The zero-order valence-corrected chi connectivity index (χ0v) is 15.2. The molecular weight excluding hydrogens is 344 g/mol. The second-order valence-corrected chi connectivity index (χ2v) is 6.68. The number of furan rings is 1. The van der Waals surface area contributed by atoms with Crippen molar-refractivity contribution < 1.29 is 19.1 Å². The molecule has 0 atom stereocenters. The molecule has 3 aromatic rings. The Labute approximate surface area is 157 Å². The van der Waals surface area contributed by atoms with Gasteiger partial charge in [0.05, 0.1) is 19.8 Å². The van der Waals surface area contributed by atoms with Crippen molar-refractivity contribution in [2.75, 3.05) is 38.2 Å². The minimum absolute atomic E-state index is 0.110. The molecule has 1 amide bonds. The average Bonchev–Trinajstić information content (AvgIpc) is 3.10. The number of ether oxygens (including phenoxy) is 1. The maximum atomic E-state index is 12.7. The summed E-state index contributed by atoms with van der Waals surface area (Å²) in [5, 5.41) is 10.4. The Bertz CT molecular complexity index is 940. The number of fused-ring (bicyclic) bond motifs is 1. The van der Waals surface area contributed by atoms with Crippen LogP contribution in [-0.2, 0) is 11.2 Å². The van der Waals surface area contributed by atoms with Gasteiger partial charge in [0.15, 0.2) is 0 Å². The summed E-state index contributed by atoms with van der Waals surface area (Å²) >= 11 is 0. The van der Waals surface area contributed by atoms with Crippen LogP contribution in [0.2, 0.25) is 0 Å². The highest BCUT2D eigenvalue weighted by Crippen LogP contribution is 2.26. The van der Waals surface area contributed by atoms with E-state index >= 15 is 0 Å². The van der Waals surface area contributed by atoms with Gasteiger partial charge in [-0.25, -0.2) is 0 Å². The van der Waals surface area contributed by atoms with Gasteiger partial charge in [-0.3, -0.25) is 4.79 Å². The van der Waals surface area contributed by atoms with Crippen LogP contribution in [0.3, 0.4) is 0 Å². The van der Waals surface area contributed by atoms with Gasteiger partial charge in [0.25, 0.3) is 0 Å². The summed E-state index contributed by atoms with van der Waals surface area (Å²) in [6.07, 6.45) is 1.99. The average molecular weight is 366 g/mol. The van der Waals surface area contributed by atoms with Gasteiger partial charge in [0.2, 0.25) is 5.91 Å². The monoisotopic (exact) mass is 366 g/mol. The van der Waals surface area contributed by atoms with E-state index in [1.807, 2.05) is 35.2 Å². The van der Waals surface area contributed by atoms with Crippen LogP contribution in [0.4, 0.5) is 5.69 Å². The fourth-order valence-electron chi connectivity index (χ4n) is 3.48. The molecule has 1 N–H and O–H groups in total. The summed E-state index contributed by atoms with van der Waals surface area (Å²) in [6, 6.07) is 12.8. The summed E-state index contributed by atoms with van der Waals surface area (Å²) in [7, 11) is 1.62. The molecule has 0 bridgehead atoms. The molecule has 6 nitrogen and oxygen atoms in total. The van der Waals surface area contributed by atoms with Crippen molar-refractivity contribution in [3.8, 4) is 11.5 Å². The van der Waals surface area contributed by atoms with E-state index in [1.54, 1.807) is 25.5 Å². The van der Waals surface area contributed by atoms with Crippen molar-refractivity contribution in [1.29, 1.82) is 0 Å². The van der Waals surface area contributed by atoms with Gasteiger partial charge in [-0.2, -0.15) is 0 Å². The van der Waals surface area contributed by atoms with Crippen LogP contribution in [-0.4, -0.2) is 49.2 Å². The minimum atomic E-state index is 0.110. The predicted molar refractivity (Wildman–Crippen MR) is 103 cm³/mol. The Morgan fingerprint density at radius 3 is 2.56 bits per heavy atom. The van der Waals surface area contributed by atoms with E-state index in [4.69, 9.17) is 9.15 Å². The lowest BCUT2D eigenvalue weighted by molar-refractivity contribution is -0.130. The third kappa shape index (κ3) is 3.56. The van der Waals surface area contributed by atoms with Crippen molar-refractivity contribution in [2.45, 2.75) is 6.42 Å². The first-order chi connectivity index (χ1) is 13.1. The molecule has 2 aromatic carbocycles.